The van der Waals surface area contributed by atoms with Gasteiger partial charge in [-0.2, -0.15) is 16.9 Å². The van der Waals surface area contributed by atoms with Crippen molar-refractivity contribution in [2.75, 3.05) is 6.26 Å². The molecule has 0 aliphatic carbocycles. The Kier molecular flexibility index (Phi) is 7.81. The molecule has 4 aromatic rings. The van der Waals surface area contributed by atoms with Gasteiger partial charge in [0.2, 0.25) is 0 Å². The van der Waals surface area contributed by atoms with E-state index in [1.54, 1.807) is 36.0 Å². The Labute approximate surface area is 206 Å². The molecule has 182 valence electrons. The summed E-state index contributed by atoms with van der Waals surface area (Å²) in [6.07, 6.45) is 4.73. The fraction of sp³-hybridized carbons (Fsp3) is 0.320. The van der Waals surface area contributed by atoms with Crippen LogP contribution in [-0.2, 0) is 23.6 Å². The van der Waals surface area contributed by atoms with E-state index in [-0.39, 0.29) is 17.8 Å². The molecule has 0 aliphatic rings. The van der Waals surface area contributed by atoms with Crippen molar-refractivity contribution in [2.45, 2.75) is 45.0 Å². The SMILES string of the molecule is CCCCCn1nc(C(=O)NNC(=O)Cn2c(CSC)nc3ccccc32)c2ccccc2c1=O. The Morgan fingerprint density at radius 1 is 1.00 bits per heavy atom. The van der Waals surface area contributed by atoms with Crippen LogP contribution in [0.2, 0.25) is 0 Å². The first-order valence-electron chi connectivity index (χ1n) is 11.6. The Morgan fingerprint density at radius 3 is 2.51 bits per heavy atom. The van der Waals surface area contributed by atoms with Gasteiger partial charge in [0.05, 0.1) is 22.2 Å². The Hall–Kier alpha value is -3.66. The molecule has 0 fully saturated rings. The molecule has 0 radical (unpaired) electrons. The lowest BCUT2D eigenvalue weighted by atomic mass is 10.1. The van der Waals surface area contributed by atoms with Gasteiger partial charge < -0.3 is 4.57 Å². The van der Waals surface area contributed by atoms with Crippen LogP contribution in [0.1, 0.15) is 42.5 Å². The number of hydrogen-bond donors (Lipinski definition) is 2. The molecular formula is C25H28N6O3S. The summed E-state index contributed by atoms with van der Waals surface area (Å²) in [6, 6.07) is 14.5. The Bertz CT molecular complexity index is 1430. The smallest absolute Gasteiger partial charge is 0.290 e. The van der Waals surface area contributed by atoms with Gasteiger partial charge in [-0.25, -0.2) is 9.67 Å². The van der Waals surface area contributed by atoms with Crippen molar-refractivity contribution in [1.82, 2.24) is 30.2 Å². The fourth-order valence-corrected chi connectivity index (χ4v) is 4.45. The van der Waals surface area contributed by atoms with Crippen molar-refractivity contribution in [3.05, 3.63) is 70.4 Å². The number of benzene rings is 2. The van der Waals surface area contributed by atoms with E-state index in [4.69, 9.17) is 0 Å². The normalized spacial score (nSPS) is 11.1. The Balaban J connectivity index is 1.53. The van der Waals surface area contributed by atoms with Gasteiger partial charge in [0.25, 0.3) is 17.4 Å². The van der Waals surface area contributed by atoms with Crippen LogP contribution < -0.4 is 16.4 Å². The first-order valence-corrected chi connectivity index (χ1v) is 12.9. The predicted molar refractivity (Wildman–Crippen MR) is 138 cm³/mol. The third-order valence-corrected chi connectivity index (χ3v) is 6.23. The molecule has 0 aliphatic heterocycles. The van der Waals surface area contributed by atoms with Gasteiger partial charge in [-0.05, 0) is 30.9 Å². The van der Waals surface area contributed by atoms with E-state index in [0.29, 0.717) is 23.1 Å². The number of nitrogens with one attached hydrogen (secondary N) is 2. The van der Waals surface area contributed by atoms with E-state index < -0.39 is 11.8 Å². The minimum Gasteiger partial charge on any atom is -0.318 e. The maximum absolute atomic E-state index is 13.0. The van der Waals surface area contributed by atoms with Gasteiger partial charge >= 0.3 is 0 Å². The number of nitrogens with zero attached hydrogens (tertiary/aromatic N) is 4. The molecule has 2 aromatic carbocycles. The van der Waals surface area contributed by atoms with Crippen molar-refractivity contribution >= 4 is 45.4 Å². The molecular weight excluding hydrogens is 464 g/mol. The number of imidazole rings is 1. The molecule has 9 nitrogen and oxygen atoms in total. The number of hydrogen-bond acceptors (Lipinski definition) is 6. The molecule has 0 saturated heterocycles. The van der Waals surface area contributed by atoms with Crippen molar-refractivity contribution in [3.8, 4) is 0 Å². The minimum atomic E-state index is -0.585. The molecule has 0 unspecified atom stereocenters. The van der Waals surface area contributed by atoms with Crippen LogP contribution in [0.5, 0.6) is 0 Å². The van der Waals surface area contributed by atoms with Crippen molar-refractivity contribution in [1.29, 1.82) is 0 Å². The second kappa shape index (κ2) is 11.2. The van der Waals surface area contributed by atoms with Gasteiger partial charge in [-0.3, -0.25) is 25.2 Å². The highest BCUT2D eigenvalue weighted by Gasteiger charge is 2.18. The predicted octanol–water partition coefficient (Wildman–Crippen LogP) is 3.26. The molecule has 0 saturated carbocycles. The molecule has 2 amide bonds. The van der Waals surface area contributed by atoms with Crippen molar-refractivity contribution in [3.63, 3.8) is 0 Å². The maximum atomic E-state index is 13.0. The first-order chi connectivity index (χ1) is 17.0. The van der Waals surface area contributed by atoms with Crippen LogP contribution >= 0.6 is 11.8 Å². The van der Waals surface area contributed by atoms with Crippen LogP contribution in [0, 0.1) is 0 Å². The lowest BCUT2D eigenvalue weighted by molar-refractivity contribution is -0.122. The van der Waals surface area contributed by atoms with E-state index in [1.165, 1.54) is 4.68 Å². The maximum Gasteiger partial charge on any atom is 0.290 e. The van der Waals surface area contributed by atoms with Crippen LogP contribution in [0.25, 0.3) is 21.8 Å². The van der Waals surface area contributed by atoms with Crippen LogP contribution in [0.3, 0.4) is 0 Å². The van der Waals surface area contributed by atoms with E-state index in [0.717, 1.165) is 36.1 Å². The molecule has 0 spiro atoms. The third kappa shape index (κ3) is 5.37. The van der Waals surface area contributed by atoms with E-state index in [1.807, 2.05) is 35.1 Å². The molecule has 2 N–H and O–H groups in total. The average molecular weight is 493 g/mol. The number of aromatic nitrogens is 4. The van der Waals surface area contributed by atoms with Crippen LogP contribution in [-0.4, -0.2) is 37.4 Å². The number of unbranched alkanes of at least 4 members (excludes halogenated alkanes) is 2. The molecule has 4 rings (SSSR count). The number of thioether (sulfide) groups is 1. The quantitative estimate of drug-likeness (QED) is 0.274. The topological polar surface area (TPSA) is 111 Å². The monoisotopic (exact) mass is 492 g/mol. The van der Waals surface area contributed by atoms with Crippen LogP contribution in [0.15, 0.2) is 53.3 Å². The minimum absolute atomic E-state index is 0.00137. The zero-order chi connectivity index (χ0) is 24.8. The number of aryl methyl sites for hydroxylation is 1. The second-order valence-electron chi connectivity index (χ2n) is 8.17. The highest BCUT2D eigenvalue weighted by atomic mass is 32.2. The van der Waals surface area contributed by atoms with E-state index >= 15 is 0 Å². The number of amides is 2. The van der Waals surface area contributed by atoms with E-state index in [2.05, 4.69) is 27.9 Å². The van der Waals surface area contributed by atoms with Gasteiger partial charge in [0.1, 0.15) is 12.4 Å². The lowest BCUT2D eigenvalue weighted by Crippen LogP contribution is -2.44. The van der Waals surface area contributed by atoms with Gasteiger partial charge in [0, 0.05) is 11.9 Å². The lowest BCUT2D eigenvalue weighted by Gasteiger charge is -2.13. The summed E-state index contributed by atoms with van der Waals surface area (Å²) < 4.78 is 3.18. The molecule has 0 atom stereocenters. The molecule has 10 heteroatoms. The summed E-state index contributed by atoms with van der Waals surface area (Å²) in [4.78, 5) is 43.2. The summed E-state index contributed by atoms with van der Waals surface area (Å²) in [5.41, 5.74) is 6.47. The molecule has 0 bridgehead atoms. The van der Waals surface area contributed by atoms with Crippen molar-refractivity contribution < 1.29 is 9.59 Å². The Morgan fingerprint density at radius 2 is 1.74 bits per heavy atom. The van der Waals surface area contributed by atoms with Gasteiger partial charge in [0.15, 0.2) is 5.69 Å². The first kappa shape index (κ1) is 24.5. The number of carbonyl (C=O) groups is 2. The molecule has 2 heterocycles. The van der Waals surface area contributed by atoms with Crippen molar-refractivity contribution in [2.24, 2.45) is 0 Å². The summed E-state index contributed by atoms with van der Waals surface area (Å²) in [5, 5.41) is 5.19. The number of carbonyl (C=O) groups excluding carboxylic acids is 2. The van der Waals surface area contributed by atoms with Gasteiger partial charge in [-0.15, -0.1) is 0 Å². The molecule has 2 aromatic heterocycles. The van der Waals surface area contributed by atoms with Crippen LogP contribution in [0.4, 0.5) is 0 Å². The van der Waals surface area contributed by atoms with Gasteiger partial charge in [-0.1, -0.05) is 50.1 Å². The number of para-hydroxylation sites is 2. The number of fused-ring (bicyclic) bond motifs is 2. The highest BCUT2D eigenvalue weighted by Crippen LogP contribution is 2.19. The fourth-order valence-electron chi connectivity index (χ4n) is 3.98. The van der Waals surface area contributed by atoms with E-state index in [9.17, 15) is 14.4 Å². The summed E-state index contributed by atoms with van der Waals surface area (Å²) >= 11 is 1.62. The highest BCUT2D eigenvalue weighted by molar-refractivity contribution is 7.97. The zero-order valence-electron chi connectivity index (χ0n) is 19.8. The number of hydrazine groups is 1. The molecule has 35 heavy (non-hydrogen) atoms. The average Bonchev–Trinajstić information content (AvgIpc) is 3.21. The summed E-state index contributed by atoms with van der Waals surface area (Å²) in [5.74, 6) is 0.458. The summed E-state index contributed by atoms with van der Waals surface area (Å²) in [6.45, 7) is 2.51. The number of rotatable bonds is 9. The zero-order valence-corrected chi connectivity index (χ0v) is 20.6. The standard InChI is InChI=1S/C25H28N6O3S/c1-3-4-9-14-31-25(34)18-11-6-5-10-17(18)23(29-31)24(33)28-27-22(32)15-30-20-13-8-7-12-19(20)26-21(30)16-35-2/h5-8,10-13H,3-4,9,14-16H2,1-2H3,(H,27,32)(H,28,33). The largest absolute Gasteiger partial charge is 0.318 e. The second-order valence-corrected chi connectivity index (χ2v) is 9.03. The summed E-state index contributed by atoms with van der Waals surface area (Å²) in [7, 11) is 0. The third-order valence-electron chi connectivity index (χ3n) is 5.68.